The summed E-state index contributed by atoms with van der Waals surface area (Å²) in [4.78, 5) is 12.1. The van der Waals surface area contributed by atoms with Crippen LogP contribution in [0.25, 0.3) is 0 Å². The summed E-state index contributed by atoms with van der Waals surface area (Å²) >= 11 is 0. The van der Waals surface area contributed by atoms with E-state index in [4.69, 9.17) is 0 Å². The van der Waals surface area contributed by atoms with Crippen LogP contribution in [0.3, 0.4) is 0 Å². The van der Waals surface area contributed by atoms with Gasteiger partial charge in [-0.1, -0.05) is 32.0 Å². The molecule has 0 saturated carbocycles. The highest BCUT2D eigenvalue weighted by atomic mass is 32.2. The fraction of sp³-hybridized carbons (Fsp3) is 0.500. The van der Waals surface area contributed by atoms with Crippen molar-refractivity contribution in [2.75, 3.05) is 17.1 Å². The van der Waals surface area contributed by atoms with Gasteiger partial charge in [-0.2, -0.15) is 0 Å². The van der Waals surface area contributed by atoms with E-state index in [0.717, 1.165) is 10.6 Å². The molecule has 5 nitrogen and oxygen atoms in total. The molecule has 0 aliphatic heterocycles. The molecule has 0 radical (unpaired) electrons. The van der Waals surface area contributed by atoms with Gasteiger partial charge in [0.15, 0.2) is 0 Å². The van der Waals surface area contributed by atoms with Crippen LogP contribution in [0.5, 0.6) is 0 Å². The number of amides is 1. The number of anilines is 1. The molecular weight excluding hydrogens is 276 g/mol. The van der Waals surface area contributed by atoms with E-state index in [1.807, 2.05) is 13.8 Å². The van der Waals surface area contributed by atoms with E-state index in [1.165, 1.54) is 0 Å². The Hall–Kier alpha value is -1.56. The maximum atomic E-state index is 12.1. The Bertz CT molecular complexity index is 541. The zero-order valence-corrected chi connectivity index (χ0v) is 13.1. The molecule has 1 aromatic carbocycles. The highest BCUT2D eigenvalue weighted by Crippen LogP contribution is 2.20. The predicted octanol–water partition coefficient (Wildman–Crippen LogP) is 1.61. The van der Waals surface area contributed by atoms with Crippen LogP contribution in [0.1, 0.15) is 20.8 Å². The highest BCUT2D eigenvalue weighted by Gasteiger charge is 2.28. The molecule has 1 rings (SSSR count). The van der Waals surface area contributed by atoms with E-state index in [1.54, 1.807) is 37.3 Å². The van der Waals surface area contributed by atoms with Gasteiger partial charge < -0.3 is 5.32 Å². The highest BCUT2D eigenvalue weighted by molar-refractivity contribution is 7.92. The first-order chi connectivity index (χ1) is 9.23. The molecule has 0 aromatic heterocycles. The van der Waals surface area contributed by atoms with Crippen LogP contribution >= 0.6 is 0 Å². The van der Waals surface area contributed by atoms with Gasteiger partial charge in [0, 0.05) is 6.54 Å². The number of nitrogens with one attached hydrogen (secondary N) is 1. The van der Waals surface area contributed by atoms with Crippen LogP contribution in [0.15, 0.2) is 30.3 Å². The first-order valence-corrected chi connectivity index (χ1v) is 8.40. The first-order valence-electron chi connectivity index (χ1n) is 6.55. The van der Waals surface area contributed by atoms with Gasteiger partial charge in [0.05, 0.1) is 11.9 Å². The van der Waals surface area contributed by atoms with Crippen LogP contribution < -0.4 is 9.62 Å². The van der Waals surface area contributed by atoms with Crippen molar-refractivity contribution in [2.45, 2.75) is 26.8 Å². The molecule has 1 amide bonds. The second-order valence-corrected chi connectivity index (χ2v) is 7.07. The topological polar surface area (TPSA) is 66.5 Å². The second-order valence-electron chi connectivity index (χ2n) is 5.21. The van der Waals surface area contributed by atoms with Crippen LogP contribution in [-0.4, -0.2) is 33.2 Å². The lowest BCUT2D eigenvalue weighted by molar-refractivity contribution is -0.121. The third-order valence-electron chi connectivity index (χ3n) is 2.78. The minimum Gasteiger partial charge on any atom is -0.354 e. The van der Waals surface area contributed by atoms with Gasteiger partial charge in [-0.3, -0.25) is 9.10 Å². The van der Waals surface area contributed by atoms with E-state index < -0.39 is 16.1 Å². The number of carbonyl (C=O) groups is 1. The summed E-state index contributed by atoms with van der Waals surface area (Å²) in [6.45, 7) is 6.08. The summed E-state index contributed by atoms with van der Waals surface area (Å²) in [5.41, 5.74) is 0.488. The maximum Gasteiger partial charge on any atom is 0.243 e. The van der Waals surface area contributed by atoms with Crippen molar-refractivity contribution in [1.82, 2.24) is 5.32 Å². The van der Waals surface area contributed by atoms with Gasteiger partial charge in [-0.25, -0.2) is 8.42 Å². The molecule has 6 heteroatoms. The maximum absolute atomic E-state index is 12.1. The zero-order chi connectivity index (χ0) is 15.3. The molecule has 0 unspecified atom stereocenters. The molecule has 1 aromatic rings. The molecule has 1 atom stereocenters. The van der Waals surface area contributed by atoms with Gasteiger partial charge in [0.2, 0.25) is 15.9 Å². The predicted molar refractivity (Wildman–Crippen MR) is 81.1 cm³/mol. The lowest BCUT2D eigenvalue weighted by Crippen LogP contribution is -2.48. The van der Waals surface area contributed by atoms with Gasteiger partial charge in [-0.15, -0.1) is 0 Å². The van der Waals surface area contributed by atoms with Crippen molar-refractivity contribution < 1.29 is 13.2 Å². The largest absolute Gasteiger partial charge is 0.354 e. The monoisotopic (exact) mass is 298 g/mol. The second kappa shape index (κ2) is 6.74. The van der Waals surface area contributed by atoms with Crippen molar-refractivity contribution in [3.05, 3.63) is 30.3 Å². The number of rotatable bonds is 6. The molecule has 20 heavy (non-hydrogen) atoms. The minimum absolute atomic E-state index is 0.298. The Labute approximate surface area is 121 Å². The summed E-state index contributed by atoms with van der Waals surface area (Å²) in [5.74, 6) is 0.0162. The average molecular weight is 298 g/mol. The van der Waals surface area contributed by atoms with E-state index >= 15 is 0 Å². The molecule has 112 valence electrons. The molecule has 0 fully saturated rings. The number of hydrogen-bond acceptors (Lipinski definition) is 3. The molecule has 0 bridgehead atoms. The van der Waals surface area contributed by atoms with E-state index in [-0.39, 0.29) is 5.91 Å². The number of carbonyl (C=O) groups excluding carboxylic acids is 1. The summed E-state index contributed by atoms with van der Waals surface area (Å²) in [7, 11) is -3.53. The number of para-hydroxylation sites is 1. The molecular formula is C14H22N2O3S. The lowest BCUT2D eigenvalue weighted by atomic mass is 10.2. The normalized spacial score (nSPS) is 13.1. The van der Waals surface area contributed by atoms with Crippen LogP contribution in [0.4, 0.5) is 5.69 Å². The van der Waals surface area contributed by atoms with Gasteiger partial charge in [0.1, 0.15) is 6.04 Å². The lowest BCUT2D eigenvalue weighted by Gasteiger charge is -2.28. The van der Waals surface area contributed by atoms with Crippen molar-refractivity contribution in [3.8, 4) is 0 Å². The van der Waals surface area contributed by atoms with E-state index in [0.29, 0.717) is 18.2 Å². The summed E-state index contributed by atoms with van der Waals surface area (Å²) < 4.78 is 25.1. The molecule has 1 N–H and O–H groups in total. The Balaban J connectivity index is 2.99. The third kappa shape index (κ3) is 4.52. The molecule has 0 spiro atoms. The van der Waals surface area contributed by atoms with Crippen molar-refractivity contribution in [2.24, 2.45) is 5.92 Å². The molecule has 0 aliphatic rings. The van der Waals surface area contributed by atoms with E-state index in [2.05, 4.69) is 5.32 Å². The van der Waals surface area contributed by atoms with Crippen molar-refractivity contribution >= 4 is 21.6 Å². The Morgan fingerprint density at radius 3 is 2.20 bits per heavy atom. The number of sulfonamides is 1. The van der Waals surface area contributed by atoms with Gasteiger partial charge in [-0.05, 0) is 25.0 Å². The smallest absolute Gasteiger partial charge is 0.243 e. The number of benzene rings is 1. The summed E-state index contributed by atoms with van der Waals surface area (Å²) in [5, 5.41) is 2.76. The Morgan fingerprint density at radius 1 is 1.20 bits per heavy atom. The first kappa shape index (κ1) is 16.5. The standard InChI is InChI=1S/C14H22N2O3S/c1-11(2)10-15-14(17)12(3)16(20(4,18)19)13-8-6-5-7-9-13/h5-9,11-12H,10H2,1-4H3,(H,15,17)/t12-/m1/s1. The van der Waals surface area contributed by atoms with Crippen LogP contribution in [0.2, 0.25) is 0 Å². The van der Waals surface area contributed by atoms with E-state index in [9.17, 15) is 13.2 Å². The number of hydrogen-bond donors (Lipinski definition) is 1. The quantitative estimate of drug-likeness (QED) is 0.867. The third-order valence-corrected chi connectivity index (χ3v) is 4.03. The van der Waals surface area contributed by atoms with Crippen LogP contribution in [-0.2, 0) is 14.8 Å². The summed E-state index contributed by atoms with van der Waals surface area (Å²) in [6.07, 6.45) is 1.10. The fourth-order valence-corrected chi connectivity index (χ4v) is 3.01. The van der Waals surface area contributed by atoms with Gasteiger partial charge in [0.25, 0.3) is 0 Å². The van der Waals surface area contributed by atoms with Crippen LogP contribution in [0, 0.1) is 5.92 Å². The van der Waals surface area contributed by atoms with Crippen molar-refractivity contribution in [1.29, 1.82) is 0 Å². The minimum atomic E-state index is -3.53. The number of nitrogens with zero attached hydrogens (tertiary/aromatic N) is 1. The average Bonchev–Trinajstić information content (AvgIpc) is 2.35. The Morgan fingerprint density at radius 2 is 1.75 bits per heavy atom. The molecule has 0 saturated heterocycles. The fourth-order valence-electron chi connectivity index (χ4n) is 1.84. The zero-order valence-electron chi connectivity index (χ0n) is 12.3. The SMILES string of the molecule is CC(C)CNC(=O)[C@@H](C)N(c1ccccc1)S(C)(=O)=O. The molecule has 0 heterocycles. The Kier molecular flexibility index (Phi) is 5.56. The molecule has 0 aliphatic carbocycles. The summed E-state index contributed by atoms with van der Waals surface area (Å²) in [6, 6.07) is 7.85. The van der Waals surface area contributed by atoms with Crippen molar-refractivity contribution in [3.63, 3.8) is 0 Å². The van der Waals surface area contributed by atoms with Gasteiger partial charge >= 0.3 is 0 Å².